The largest absolute Gasteiger partial charge is 0.490 e. The minimum absolute atomic E-state index is 0.0687. The molecule has 0 aliphatic carbocycles. The van der Waals surface area contributed by atoms with Crippen molar-refractivity contribution in [3.8, 4) is 17.2 Å². The average Bonchev–Trinajstić information content (AvgIpc) is 3.11. The van der Waals surface area contributed by atoms with Gasteiger partial charge in [0.05, 0.1) is 23.4 Å². The van der Waals surface area contributed by atoms with Crippen LogP contribution in [0.4, 0.5) is 5.69 Å². The summed E-state index contributed by atoms with van der Waals surface area (Å²) in [5.41, 5.74) is 2.61. The second-order valence-corrected chi connectivity index (χ2v) is 7.94. The van der Waals surface area contributed by atoms with E-state index in [4.69, 9.17) is 14.2 Å². The Hall–Kier alpha value is -3.00. The van der Waals surface area contributed by atoms with Gasteiger partial charge in [-0.1, -0.05) is 6.07 Å². The number of aryl methyl sites for hydroxylation is 2. The molecule has 7 nitrogen and oxygen atoms in total. The Kier molecular flexibility index (Phi) is 8.56. The summed E-state index contributed by atoms with van der Waals surface area (Å²) in [6.07, 6.45) is 2.21. The summed E-state index contributed by atoms with van der Waals surface area (Å²) in [5.74, 6) is 2.09. The van der Waals surface area contributed by atoms with Crippen LogP contribution >= 0.6 is 15.9 Å². The number of anilines is 1. The monoisotopic (exact) mass is 501 g/mol. The first-order chi connectivity index (χ1) is 15.5. The van der Waals surface area contributed by atoms with E-state index in [0.29, 0.717) is 44.3 Å². The van der Waals surface area contributed by atoms with E-state index in [2.05, 4.69) is 26.3 Å². The first-order valence-electron chi connectivity index (χ1n) is 10.6. The smallest absolute Gasteiger partial charge is 0.226 e. The summed E-state index contributed by atoms with van der Waals surface area (Å²) in [6, 6.07) is 13.1. The second kappa shape index (κ2) is 11.6. The van der Waals surface area contributed by atoms with Crippen molar-refractivity contribution >= 4 is 27.5 Å². The normalized spacial score (nSPS) is 10.6. The lowest BCUT2D eigenvalue weighted by atomic mass is 10.2. The van der Waals surface area contributed by atoms with Crippen LogP contribution in [0.25, 0.3) is 0 Å². The van der Waals surface area contributed by atoms with Crippen LogP contribution < -0.4 is 19.5 Å². The summed E-state index contributed by atoms with van der Waals surface area (Å²) in [6.45, 7) is 7.87. The van der Waals surface area contributed by atoms with E-state index in [0.717, 1.165) is 27.2 Å². The molecule has 1 amide bonds. The Morgan fingerprint density at radius 1 is 1.03 bits per heavy atom. The molecule has 0 spiro atoms. The van der Waals surface area contributed by atoms with E-state index in [9.17, 15) is 4.79 Å². The van der Waals surface area contributed by atoms with E-state index in [-0.39, 0.29) is 5.91 Å². The number of aromatic nitrogens is 2. The Morgan fingerprint density at radius 2 is 1.75 bits per heavy atom. The standard InChI is InChI=1S/C24H28BrN3O4/c1-4-30-22-11-6-18(14-23(22)31-5-2)16-32-20-9-7-19(8-10-20)26-24(29)12-13-28-15-21(25)17(3)27-28/h6-11,14-15H,4-5,12-13,16H2,1-3H3,(H,26,29). The number of amides is 1. The van der Waals surface area contributed by atoms with Gasteiger partial charge in [0.2, 0.25) is 5.91 Å². The topological polar surface area (TPSA) is 74.6 Å². The molecule has 32 heavy (non-hydrogen) atoms. The van der Waals surface area contributed by atoms with Crippen LogP contribution in [-0.4, -0.2) is 28.9 Å². The average molecular weight is 502 g/mol. The number of rotatable bonds is 11. The van der Waals surface area contributed by atoms with Gasteiger partial charge in [0.25, 0.3) is 0 Å². The highest BCUT2D eigenvalue weighted by Gasteiger charge is 2.08. The molecule has 1 aromatic heterocycles. The quantitative estimate of drug-likeness (QED) is 0.382. The zero-order valence-electron chi connectivity index (χ0n) is 18.6. The SMILES string of the molecule is CCOc1ccc(COc2ccc(NC(=O)CCn3cc(Br)c(C)n3)cc2)cc1OCC. The molecular weight excluding hydrogens is 474 g/mol. The van der Waals surface area contributed by atoms with E-state index in [1.807, 2.05) is 69.4 Å². The van der Waals surface area contributed by atoms with Crippen molar-refractivity contribution in [1.82, 2.24) is 9.78 Å². The third kappa shape index (κ3) is 6.75. The molecule has 0 saturated heterocycles. The molecule has 8 heteroatoms. The van der Waals surface area contributed by atoms with Crippen molar-refractivity contribution in [3.05, 3.63) is 64.4 Å². The predicted octanol–water partition coefficient (Wildman–Crippen LogP) is 5.36. The van der Waals surface area contributed by atoms with Crippen molar-refractivity contribution in [2.24, 2.45) is 0 Å². The lowest BCUT2D eigenvalue weighted by molar-refractivity contribution is -0.116. The predicted molar refractivity (Wildman–Crippen MR) is 127 cm³/mol. The molecular formula is C24H28BrN3O4. The summed E-state index contributed by atoms with van der Waals surface area (Å²) in [5, 5.41) is 7.23. The van der Waals surface area contributed by atoms with Crippen molar-refractivity contribution in [3.63, 3.8) is 0 Å². The number of nitrogens with zero attached hydrogens (tertiary/aromatic N) is 2. The first kappa shape index (κ1) is 23.7. The number of carbonyl (C=O) groups excluding carboxylic acids is 1. The molecule has 1 heterocycles. The van der Waals surface area contributed by atoms with Crippen molar-refractivity contribution < 1.29 is 19.0 Å². The van der Waals surface area contributed by atoms with Crippen LogP contribution in [0.5, 0.6) is 17.2 Å². The number of halogens is 1. The van der Waals surface area contributed by atoms with Gasteiger partial charge in [-0.3, -0.25) is 9.48 Å². The van der Waals surface area contributed by atoms with Gasteiger partial charge in [0, 0.05) is 24.8 Å². The summed E-state index contributed by atoms with van der Waals surface area (Å²) in [4.78, 5) is 12.2. The molecule has 0 aliphatic rings. The fraction of sp³-hybridized carbons (Fsp3) is 0.333. The molecule has 0 radical (unpaired) electrons. The van der Waals surface area contributed by atoms with Crippen molar-refractivity contribution in [1.29, 1.82) is 0 Å². The minimum atomic E-state index is -0.0687. The van der Waals surface area contributed by atoms with Crippen LogP contribution in [0.1, 0.15) is 31.5 Å². The number of benzene rings is 2. The third-order valence-electron chi connectivity index (χ3n) is 4.61. The number of carbonyl (C=O) groups is 1. The maximum absolute atomic E-state index is 12.2. The molecule has 1 N–H and O–H groups in total. The summed E-state index contributed by atoms with van der Waals surface area (Å²) < 4.78 is 19.8. The molecule has 3 aromatic rings. The zero-order valence-corrected chi connectivity index (χ0v) is 20.1. The van der Waals surface area contributed by atoms with Gasteiger partial charge in [0.1, 0.15) is 12.4 Å². The molecule has 0 atom stereocenters. The Bertz CT molecular complexity index is 1010. The molecule has 0 saturated carbocycles. The Balaban J connectivity index is 1.50. The maximum atomic E-state index is 12.2. The van der Waals surface area contributed by atoms with Crippen LogP contribution in [0.3, 0.4) is 0 Å². The van der Waals surface area contributed by atoms with Gasteiger partial charge in [0.15, 0.2) is 11.5 Å². The fourth-order valence-corrected chi connectivity index (χ4v) is 3.35. The first-order valence-corrected chi connectivity index (χ1v) is 11.4. The van der Waals surface area contributed by atoms with E-state index in [1.54, 1.807) is 4.68 Å². The van der Waals surface area contributed by atoms with E-state index >= 15 is 0 Å². The van der Waals surface area contributed by atoms with Crippen LogP contribution in [0.15, 0.2) is 53.1 Å². The lowest BCUT2D eigenvalue weighted by Gasteiger charge is -2.13. The minimum Gasteiger partial charge on any atom is -0.490 e. The Labute approximate surface area is 196 Å². The molecule has 2 aromatic carbocycles. The van der Waals surface area contributed by atoms with Gasteiger partial charge in [-0.15, -0.1) is 0 Å². The number of nitrogens with one attached hydrogen (secondary N) is 1. The molecule has 170 valence electrons. The molecule has 3 rings (SSSR count). The maximum Gasteiger partial charge on any atom is 0.226 e. The fourth-order valence-electron chi connectivity index (χ4n) is 3.03. The van der Waals surface area contributed by atoms with Crippen LogP contribution in [-0.2, 0) is 17.9 Å². The summed E-state index contributed by atoms with van der Waals surface area (Å²) in [7, 11) is 0. The number of hydrogen-bond acceptors (Lipinski definition) is 5. The Morgan fingerprint density at radius 3 is 2.41 bits per heavy atom. The molecule has 0 aliphatic heterocycles. The summed E-state index contributed by atoms with van der Waals surface area (Å²) >= 11 is 3.42. The van der Waals surface area contributed by atoms with Crippen LogP contribution in [0, 0.1) is 6.92 Å². The zero-order chi connectivity index (χ0) is 22.9. The van der Waals surface area contributed by atoms with Gasteiger partial charge < -0.3 is 19.5 Å². The van der Waals surface area contributed by atoms with Crippen molar-refractivity contribution in [2.75, 3.05) is 18.5 Å². The molecule has 0 unspecified atom stereocenters. The van der Waals surface area contributed by atoms with Crippen molar-refractivity contribution in [2.45, 2.75) is 40.3 Å². The highest BCUT2D eigenvalue weighted by atomic mass is 79.9. The second-order valence-electron chi connectivity index (χ2n) is 7.08. The van der Waals surface area contributed by atoms with Gasteiger partial charge in [-0.2, -0.15) is 5.10 Å². The molecule has 0 fully saturated rings. The lowest BCUT2D eigenvalue weighted by Crippen LogP contribution is -2.14. The number of ether oxygens (including phenoxy) is 3. The van der Waals surface area contributed by atoms with Gasteiger partial charge in [-0.05, 0) is 78.7 Å². The van der Waals surface area contributed by atoms with E-state index < -0.39 is 0 Å². The highest BCUT2D eigenvalue weighted by Crippen LogP contribution is 2.29. The van der Waals surface area contributed by atoms with E-state index in [1.165, 1.54) is 0 Å². The molecule has 0 bridgehead atoms. The third-order valence-corrected chi connectivity index (χ3v) is 5.38. The number of hydrogen-bond donors (Lipinski definition) is 1. The highest BCUT2D eigenvalue weighted by molar-refractivity contribution is 9.10. The van der Waals surface area contributed by atoms with Crippen LogP contribution in [0.2, 0.25) is 0 Å². The van der Waals surface area contributed by atoms with Gasteiger partial charge >= 0.3 is 0 Å². The van der Waals surface area contributed by atoms with Gasteiger partial charge in [-0.25, -0.2) is 0 Å².